The number of benzene rings is 4. The lowest BCUT2D eigenvalue weighted by molar-refractivity contribution is -0.142. The first-order valence-electron chi connectivity index (χ1n) is 19.6. The molecule has 294 valence electrons. The summed E-state index contributed by atoms with van der Waals surface area (Å²) in [5, 5.41) is 9.19. The van der Waals surface area contributed by atoms with Gasteiger partial charge in [-0.1, -0.05) is 84.9 Å². The quantitative estimate of drug-likeness (QED) is 0.237. The van der Waals surface area contributed by atoms with E-state index in [4.69, 9.17) is 14.2 Å². The Morgan fingerprint density at radius 1 is 0.750 bits per heavy atom. The van der Waals surface area contributed by atoms with E-state index in [0.29, 0.717) is 48.8 Å². The molecule has 0 radical (unpaired) electrons. The zero-order valence-corrected chi connectivity index (χ0v) is 32.2. The van der Waals surface area contributed by atoms with Crippen molar-refractivity contribution in [2.45, 2.75) is 76.6 Å². The zero-order valence-electron chi connectivity index (χ0n) is 32.2. The van der Waals surface area contributed by atoms with Crippen LogP contribution in [-0.2, 0) is 38.6 Å². The second-order valence-electron chi connectivity index (χ2n) is 14.5. The van der Waals surface area contributed by atoms with Crippen LogP contribution in [-0.4, -0.2) is 67.4 Å². The van der Waals surface area contributed by atoms with Crippen molar-refractivity contribution in [2.24, 2.45) is 5.92 Å². The van der Waals surface area contributed by atoms with E-state index in [2.05, 4.69) is 16.0 Å². The highest BCUT2D eigenvalue weighted by molar-refractivity contribution is 5.93. The van der Waals surface area contributed by atoms with Gasteiger partial charge < -0.3 is 35.1 Å². The highest BCUT2D eigenvalue weighted by atomic mass is 16.5. The molecule has 4 amide bonds. The standard InChI is InChI=1S/C45H52N4O7/c1-3-54-39-16-10-15-35-29-55-37-23-19-31(20-24-37)25-26-46-44(52)38(27-32-11-6-4-7-12-32)49(2)45(53)42(34-13-8-5-9-14-34)48-40(50)28-33-17-21-36(22-18-33)47-41(51)30-56-43(35)39/h4-16,19-20,23-24,33,36,38,42H,3,17-18,21-22,25-30H2,1-2H3,(H,46,52)(H,47,51)(H,48,50)/t33?,36?,38-,42+/m1/s1. The summed E-state index contributed by atoms with van der Waals surface area (Å²) in [7, 11) is 1.63. The highest BCUT2D eigenvalue weighted by Gasteiger charge is 2.34. The van der Waals surface area contributed by atoms with Gasteiger partial charge >= 0.3 is 0 Å². The van der Waals surface area contributed by atoms with E-state index in [1.165, 1.54) is 4.90 Å². The first-order chi connectivity index (χ1) is 27.3. The van der Waals surface area contributed by atoms with Crippen LogP contribution < -0.4 is 30.2 Å². The predicted molar refractivity (Wildman–Crippen MR) is 213 cm³/mol. The monoisotopic (exact) mass is 760 g/mol. The van der Waals surface area contributed by atoms with Gasteiger partial charge in [0.2, 0.25) is 17.7 Å². The zero-order chi connectivity index (χ0) is 39.3. The average molecular weight is 761 g/mol. The van der Waals surface area contributed by atoms with Gasteiger partial charge in [0.15, 0.2) is 18.1 Å². The number of rotatable bonds is 5. The van der Waals surface area contributed by atoms with Crippen LogP contribution in [0, 0.1) is 5.92 Å². The van der Waals surface area contributed by atoms with E-state index in [-0.39, 0.29) is 55.2 Å². The third-order valence-corrected chi connectivity index (χ3v) is 10.5. The van der Waals surface area contributed by atoms with Crippen molar-refractivity contribution in [1.29, 1.82) is 0 Å². The number of para-hydroxylation sites is 1. The summed E-state index contributed by atoms with van der Waals surface area (Å²) in [5.74, 6) is 0.625. The third kappa shape index (κ3) is 10.9. The largest absolute Gasteiger partial charge is 0.490 e. The Kier molecular flexibility index (Phi) is 14.0. The van der Waals surface area contributed by atoms with Crippen LogP contribution in [0.15, 0.2) is 103 Å². The van der Waals surface area contributed by atoms with Crippen LogP contribution in [0.25, 0.3) is 0 Å². The summed E-state index contributed by atoms with van der Waals surface area (Å²) in [6.07, 6.45) is 4.04. The van der Waals surface area contributed by atoms with E-state index < -0.39 is 12.1 Å². The predicted octanol–water partition coefficient (Wildman–Crippen LogP) is 5.71. The Bertz CT molecular complexity index is 1910. The minimum atomic E-state index is -0.979. The molecule has 0 spiro atoms. The molecule has 2 atom stereocenters. The highest BCUT2D eigenvalue weighted by Crippen LogP contribution is 2.33. The SMILES string of the molecule is CCOc1cccc2c1OCC(=O)NC1CCC(CC1)CC(=O)N[C@@H](c1ccccc1)C(=O)N(C)[C@H](Cc1ccccc1)C(=O)NCCc1ccc(cc1)OC2. The summed E-state index contributed by atoms with van der Waals surface area (Å²) >= 11 is 0. The molecule has 1 saturated carbocycles. The van der Waals surface area contributed by atoms with E-state index in [1.54, 1.807) is 7.05 Å². The molecule has 9 rings (SSSR count). The second-order valence-corrected chi connectivity index (χ2v) is 14.5. The van der Waals surface area contributed by atoms with Crippen LogP contribution in [0.2, 0.25) is 0 Å². The lowest BCUT2D eigenvalue weighted by atomic mass is 9.84. The van der Waals surface area contributed by atoms with Crippen molar-refractivity contribution in [2.75, 3.05) is 26.8 Å². The second kappa shape index (κ2) is 19.7. The van der Waals surface area contributed by atoms with Gasteiger partial charge in [-0.3, -0.25) is 19.2 Å². The minimum Gasteiger partial charge on any atom is -0.490 e. The molecule has 11 heteroatoms. The number of carbonyl (C=O) groups is 4. The molecule has 0 aromatic heterocycles. The van der Waals surface area contributed by atoms with Gasteiger partial charge in [-0.05, 0) is 79.8 Å². The number of amides is 4. The van der Waals surface area contributed by atoms with Crippen molar-refractivity contribution < 1.29 is 33.4 Å². The summed E-state index contributed by atoms with van der Waals surface area (Å²) < 4.78 is 18.1. The molecule has 0 saturated heterocycles. The van der Waals surface area contributed by atoms with Crippen molar-refractivity contribution in [3.63, 3.8) is 0 Å². The summed E-state index contributed by atoms with van der Waals surface area (Å²) in [6, 6.07) is 30.1. The summed E-state index contributed by atoms with van der Waals surface area (Å²) in [5.41, 5.74) is 3.29. The number of ether oxygens (including phenoxy) is 3. The van der Waals surface area contributed by atoms with Gasteiger partial charge in [-0.25, -0.2) is 0 Å². The van der Waals surface area contributed by atoms with Crippen LogP contribution in [0.3, 0.4) is 0 Å². The van der Waals surface area contributed by atoms with E-state index in [0.717, 1.165) is 42.4 Å². The Balaban J connectivity index is 1.24. The fourth-order valence-corrected chi connectivity index (χ4v) is 7.40. The molecule has 4 aromatic rings. The fourth-order valence-electron chi connectivity index (χ4n) is 7.40. The maximum Gasteiger partial charge on any atom is 0.258 e. The Labute approximate surface area is 329 Å². The first kappa shape index (κ1) is 39.8. The molecule has 4 heterocycles. The van der Waals surface area contributed by atoms with E-state index in [9.17, 15) is 19.2 Å². The molecule has 1 fully saturated rings. The molecule has 56 heavy (non-hydrogen) atoms. The molecule has 1 aliphatic carbocycles. The smallest absolute Gasteiger partial charge is 0.258 e. The van der Waals surface area contributed by atoms with E-state index in [1.807, 2.05) is 110 Å². The molecular weight excluding hydrogens is 709 g/mol. The van der Waals surface area contributed by atoms with Crippen molar-refractivity contribution in [3.8, 4) is 17.2 Å². The Hall–Kier alpha value is -5.84. The number of carbonyl (C=O) groups excluding carboxylic acids is 4. The molecule has 5 aliphatic rings. The van der Waals surface area contributed by atoms with Crippen LogP contribution in [0.5, 0.6) is 17.2 Å². The average Bonchev–Trinajstić information content (AvgIpc) is 3.22. The lowest BCUT2D eigenvalue weighted by Crippen LogP contribution is -2.52. The van der Waals surface area contributed by atoms with Crippen molar-refractivity contribution in [3.05, 3.63) is 125 Å². The molecule has 4 aliphatic heterocycles. The number of hydrogen-bond acceptors (Lipinski definition) is 7. The van der Waals surface area contributed by atoms with Gasteiger partial charge in [0.25, 0.3) is 5.91 Å². The molecule has 0 unspecified atom stereocenters. The maximum atomic E-state index is 14.4. The first-order valence-corrected chi connectivity index (χ1v) is 19.6. The van der Waals surface area contributed by atoms with Gasteiger partial charge in [0.1, 0.15) is 24.4 Å². The van der Waals surface area contributed by atoms with Gasteiger partial charge in [0, 0.05) is 38.0 Å². The van der Waals surface area contributed by atoms with Crippen LogP contribution in [0.1, 0.15) is 67.3 Å². The summed E-state index contributed by atoms with van der Waals surface area (Å²) in [4.78, 5) is 56.5. The topological polar surface area (TPSA) is 135 Å². The van der Waals surface area contributed by atoms with Gasteiger partial charge in [-0.2, -0.15) is 0 Å². The summed E-state index contributed by atoms with van der Waals surface area (Å²) in [6.45, 7) is 2.70. The third-order valence-electron chi connectivity index (χ3n) is 10.5. The number of likely N-dealkylation sites (N-methyl/N-ethyl adjacent to an activating group) is 1. The Morgan fingerprint density at radius 2 is 1.46 bits per heavy atom. The fraction of sp³-hybridized carbons (Fsp3) is 0.378. The van der Waals surface area contributed by atoms with Crippen molar-refractivity contribution in [1.82, 2.24) is 20.9 Å². The normalized spacial score (nSPS) is 21.7. The van der Waals surface area contributed by atoms with Gasteiger partial charge in [-0.15, -0.1) is 0 Å². The molecular formula is C45H52N4O7. The number of nitrogens with zero attached hydrogens (tertiary/aromatic N) is 1. The lowest BCUT2D eigenvalue weighted by Gasteiger charge is -2.32. The minimum absolute atomic E-state index is 0.0408. The molecule has 3 N–H and O–H groups in total. The van der Waals surface area contributed by atoms with Gasteiger partial charge in [0.05, 0.1) is 6.61 Å². The molecule has 4 bridgehead atoms. The van der Waals surface area contributed by atoms with Crippen molar-refractivity contribution >= 4 is 23.6 Å². The number of nitrogens with one attached hydrogen (secondary N) is 3. The molecule has 4 aromatic carbocycles. The van der Waals surface area contributed by atoms with Crippen LogP contribution >= 0.6 is 0 Å². The Morgan fingerprint density at radius 3 is 2.18 bits per heavy atom. The van der Waals surface area contributed by atoms with E-state index >= 15 is 0 Å². The maximum absolute atomic E-state index is 14.4. The number of hydrogen-bond donors (Lipinski definition) is 3. The molecule has 11 nitrogen and oxygen atoms in total. The van der Waals surface area contributed by atoms with Crippen LogP contribution in [0.4, 0.5) is 0 Å².